The second kappa shape index (κ2) is 8.33. The molecule has 0 atom stereocenters. The number of Topliss-reactive ketones (excluding diaryl/α,β-unsaturated/α-hetero) is 1. The molecule has 0 rings (SSSR count). The number of methoxy groups -OCH3 is 1. The third-order valence-corrected chi connectivity index (χ3v) is 1.06. The molecule has 0 heterocycles. The first-order chi connectivity index (χ1) is 6.70. The summed E-state index contributed by atoms with van der Waals surface area (Å²) in [4.78, 5) is 20.9. The van der Waals surface area contributed by atoms with Gasteiger partial charge in [0.05, 0.1) is 26.3 Å². The minimum absolute atomic E-state index is 0.00298. The molecule has 90 valence electrons. The van der Waals surface area contributed by atoms with Crippen LogP contribution in [0.4, 0.5) is 0 Å². The molecule has 8 heteroatoms. The van der Waals surface area contributed by atoms with Gasteiger partial charge in [0.2, 0.25) is 0 Å². The van der Waals surface area contributed by atoms with Crippen molar-refractivity contribution >= 4 is 21.9 Å². The van der Waals surface area contributed by atoms with Gasteiger partial charge in [0.1, 0.15) is 5.78 Å². The zero-order chi connectivity index (χ0) is 12.5. The van der Waals surface area contributed by atoms with Crippen molar-refractivity contribution in [3.63, 3.8) is 0 Å². The highest BCUT2D eigenvalue weighted by Crippen LogP contribution is 1.91. The summed E-state index contributed by atoms with van der Waals surface area (Å²) in [5.41, 5.74) is 5.00. The molecule has 0 aromatic rings. The molecule has 0 amide bonds. The molecule has 0 aliphatic rings. The van der Waals surface area contributed by atoms with E-state index in [1.54, 1.807) is 0 Å². The molecule has 0 spiro atoms. The van der Waals surface area contributed by atoms with Crippen molar-refractivity contribution < 1.29 is 27.3 Å². The summed E-state index contributed by atoms with van der Waals surface area (Å²) < 4.78 is 30.2. The van der Waals surface area contributed by atoms with Crippen molar-refractivity contribution in [2.45, 2.75) is 12.8 Å². The maximum Gasteiger partial charge on any atom is 0.305 e. The number of esters is 1. The lowest BCUT2D eigenvalue weighted by atomic mass is 10.2. The predicted molar refractivity (Wildman–Crippen MR) is 52.8 cm³/mol. The first-order valence-corrected chi connectivity index (χ1v) is 5.76. The maximum absolute atomic E-state index is 10.5. The summed E-state index contributed by atoms with van der Waals surface area (Å²) in [5.74, 6) is -0.493. The normalized spacial score (nSPS) is 9.87. The van der Waals surface area contributed by atoms with E-state index in [0.717, 1.165) is 0 Å². The molecule has 15 heavy (non-hydrogen) atoms. The maximum atomic E-state index is 10.5. The fraction of sp³-hybridized carbons (Fsp3) is 0.714. The van der Waals surface area contributed by atoms with Crippen LogP contribution < -0.4 is 5.73 Å². The van der Waals surface area contributed by atoms with Crippen LogP contribution in [0.5, 0.6) is 0 Å². The molecular weight excluding hydrogens is 226 g/mol. The Morgan fingerprint density at radius 2 is 1.73 bits per heavy atom. The predicted octanol–water partition coefficient (Wildman–Crippen LogP) is -1.03. The Labute approximate surface area is 88.3 Å². The number of hydrogen-bond acceptors (Lipinski definition) is 6. The van der Waals surface area contributed by atoms with E-state index >= 15 is 0 Å². The number of hydrogen-bond donors (Lipinski definition) is 2. The number of ether oxygens (including phenoxy) is 1. The van der Waals surface area contributed by atoms with Crippen LogP contribution in [0.2, 0.25) is 0 Å². The minimum atomic E-state index is -3.67. The van der Waals surface area contributed by atoms with Gasteiger partial charge < -0.3 is 10.5 Å². The average molecular weight is 241 g/mol. The topological polar surface area (TPSA) is 124 Å². The lowest BCUT2D eigenvalue weighted by molar-refractivity contribution is -0.141. The standard InChI is InChI=1S/C6H11NO3.CH4O3S/c1-10-6(9)3-2-5(8)4-7;1-5(2,3)4/h2-4,7H2,1H3;1H3,(H,2,3,4). The number of carbonyl (C=O) groups excluding carboxylic acids is 2. The van der Waals surface area contributed by atoms with Crippen LogP contribution in [0.3, 0.4) is 0 Å². The number of carbonyl (C=O) groups is 2. The van der Waals surface area contributed by atoms with Gasteiger partial charge in [-0.15, -0.1) is 0 Å². The van der Waals surface area contributed by atoms with E-state index in [-0.39, 0.29) is 31.1 Å². The zero-order valence-corrected chi connectivity index (χ0v) is 9.41. The molecule has 0 aromatic heterocycles. The molecular formula is C7H15NO6S. The lowest BCUT2D eigenvalue weighted by Crippen LogP contribution is -2.14. The molecule has 3 N–H and O–H groups in total. The van der Waals surface area contributed by atoms with Gasteiger partial charge in [-0.1, -0.05) is 0 Å². The van der Waals surface area contributed by atoms with Crippen LogP contribution in [-0.2, 0) is 24.4 Å². The summed E-state index contributed by atoms with van der Waals surface area (Å²) >= 11 is 0. The van der Waals surface area contributed by atoms with Gasteiger partial charge >= 0.3 is 5.97 Å². The van der Waals surface area contributed by atoms with E-state index in [9.17, 15) is 18.0 Å². The van der Waals surface area contributed by atoms with Gasteiger partial charge in [0, 0.05) is 6.42 Å². The Kier molecular flexibility index (Phi) is 9.13. The Morgan fingerprint density at radius 3 is 2.00 bits per heavy atom. The van der Waals surface area contributed by atoms with Gasteiger partial charge in [-0.25, -0.2) is 0 Å². The molecule has 0 aliphatic heterocycles. The second-order valence-corrected chi connectivity index (χ2v) is 4.02. The first-order valence-electron chi connectivity index (χ1n) is 3.91. The highest BCUT2D eigenvalue weighted by atomic mass is 32.2. The van der Waals surface area contributed by atoms with Crippen LogP contribution >= 0.6 is 0 Å². The minimum Gasteiger partial charge on any atom is -0.469 e. The molecule has 0 fully saturated rings. The molecule has 7 nitrogen and oxygen atoms in total. The van der Waals surface area contributed by atoms with Crippen molar-refractivity contribution in [2.24, 2.45) is 5.73 Å². The van der Waals surface area contributed by atoms with E-state index < -0.39 is 10.1 Å². The number of rotatable bonds is 4. The molecule has 0 aromatic carbocycles. The van der Waals surface area contributed by atoms with Crippen LogP contribution in [-0.4, -0.2) is 44.6 Å². The molecule has 0 unspecified atom stereocenters. The third-order valence-electron chi connectivity index (χ3n) is 1.06. The summed E-state index contributed by atoms with van der Waals surface area (Å²) in [5, 5.41) is 0. The Hall–Kier alpha value is -0.990. The fourth-order valence-corrected chi connectivity index (χ4v) is 0.446. The quantitative estimate of drug-likeness (QED) is 0.476. The fourth-order valence-electron chi connectivity index (χ4n) is 0.446. The van der Waals surface area contributed by atoms with Crippen molar-refractivity contribution in [1.82, 2.24) is 0 Å². The lowest BCUT2D eigenvalue weighted by Gasteiger charge is -1.95. The monoisotopic (exact) mass is 241 g/mol. The Morgan fingerprint density at radius 1 is 1.33 bits per heavy atom. The molecule has 0 saturated heterocycles. The van der Waals surface area contributed by atoms with Gasteiger partial charge in [-0.2, -0.15) is 8.42 Å². The van der Waals surface area contributed by atoms with Crippen LogP contribution in [0.1, 0.15) is 12.8 Å². The molecule has 0 aliphatic carbocycles. The van der Waals surface area contributed by atoms with Crippen molar-refractivity contribution in [2.75, 3.05) is 19.9 Å². The van der Waals surface area contributed by atoms with Crippen LogP contribution in [0.15, 0.2) is 0 Å². The number of ketones is 1. The van der Waals surface area contributed by atoms with E-state index in [2.05, 4.69) is 4.74 Å². The Bertz CT molecular complexity index is 273. The van der Waals surface area contributed by atoms with Crippen molar-refractivity contribution in [1.29, 1.82) is 0 Å². The summed E-state index contributed by atoms with van der Waals surface area (Å²) in [6.45, 7) is -0.00298. The zero-order valence-electron chi connectivity index (χ0n) is 8.60. The van der Waals surface area contributed by atoms with Gasteiger partial charge in [0.25, 0.3) is 10.1 Å². The molecule has 0 radical (unpaired) electrons. The average Bonchev–Trinajstić information content (AvgIpc) is 2.10. The highest BCUT2D eigenvalue weighted by Gasteiger charge is 2.03. The van der Waals surface area contributed by atoms with Crippen molar-refractivity contribution in [3.8, 4) is 0 Å². The SMILES string of the molecule is COC(=O)CCC(=O)CN.CS(=O)(=O)O. The smallest absolute Gasteiger partial charge is 0.305 e. The van der Waals surface area contributed by atoms with E-state index in [1.165, 1.54) is 7.11 Å². The summed E-state index contributed by atoms with van der Waals surface area (Å²) in [6, 6.07) is 0. The first kappa shape index (κ1) is 16.4. The van der Waals surface area contributed by atoms with Gasteiger partial charge in [0.15, 0.2) is 0 Å². The van der Waals surface area contributed by atoms with E-state index in [4.69, 9.17) is 10.3 Å². The van der Waals surface area contributed by atoms with Crippen LogP contribution in [0, 0.1) is 0 Å². The van der Waals surface area contributed by atoms with Gasteiger partial charge in [-0.05, 0) is 0 Å². The second-order valence-electron chi connectivity index (χ2n) is 2.55. The highest BCUT2D eigenvalue weighted by molar-refractivity contribution is 7.85. The van der Waals surface area contributed by atoms with Crippen molar-refractivity contribution in [3.05, 3.63) is 0 Å². The molecule has 0 bridgehead atoms. The molecule has 0 saturated carbocycles. The summed E-state index contributed by atoms with van der Waals surface area (Å²) in [7, 11) is -2.38. The number of nitrogens with two attached hydrogens (primary N) is 1. The van der Waals surface area contributed by atoms with Crippen LogP contribution in [0.25, 0.3) is 0 Å². The largest absolute Gasteiger partial charge is 0.469 e. The van der Waals surface area contributed by atoms with Gasteiger partial charge in [-0.3, -0.25) is 14.1 Å². The van der Waals surface area contributed by atoms with E-state index in [0.29, 0.717) is 6.26 Å². The third kappa shape index (κ3) is 24.6. The summed E-state index contributed by atoms with van der Waals surface area (Å²) in [6.07, 6.45) is 1.03. The Balaban J connectivity index is 0. The van der Waals surface area contributed by atoms with E-state index in [1.807, 2.05) is 0 Å².